The van der Waals surface area contributed by atoms with Gasteiger partial charge in [0.15, 0.2) is 11.6 Å². The fourth-order valence-corrected chi connectivity index (χ4v) is 4.30. The largest absolute Gasteiger partial charge is 0.355 e. The van der Waals surface area contributed by atoms with Crippen molar-refractivity contribution in [2.45, 2.75) is 19.8 Å². The highest BCUT2D eigenvalue weighted by molar-refractivity contribution is 7.12. The quantitative estimate of drug-likeness (QED) is 0.844. The molecular weight excluding hydrogens is 334 g/mol. The molecule has 132 valence electrons. The van der Waals surface area contributed by atoms with Crippen LogP contribution in [0.25, 0.3) is 0 Å². The molecule has 2 aromatic rings. The number of rotatable bonds is 3. The van der Waals surface area contributed by atoms with Crippen LogP contribution in [0.3, 0.4) is 0 Å². The smallest absolute Gasteiger partial charge is 0.264 e. The lowest BCUT2D eigenvalue weighted by Crippen LogP contribution is -2.49. The minimum absolute atomic E-state index is 0.146. The molecule has 2 aliphatic heterocycles. The maximum absolute atomic E-state index is 12.5. The molecule has 2 aliphatic rings. The molecule has 7 heteroatoms. The van der Waals surface area contributed by atoms with Crippen LogP contribution in [0.2, 0.25) is 0 Å². The summed E-state index contributed by atoms with van der Waals surface area (Å²) in [6, 6.07) is 6.10. The summed E-state index contributed by atoms with van der Waals surface area (Å²) in [4.78, 5) is 19.8. The number of anilines is 2. The Morgan fingerprint density at radius 3 is 2.08 bits per heavy atom. The zero-order valence-corrected chi connectivity index (χ0v) is 15.3. The van der Waals surface area contributed by atoms with E-state index in [0.717, 1.165) is 61.3 Å². The third-order valence-corrected chi connectivity index (χ3v) is 5.93. The maximum atomic E-state index is 12.5. The third kappa shape index (κ3) is 3.46. The molecule has 0 unspecified atom stereocenters. The topological polar surface area (TPSA) is 52.6 Å². The second-order valence-corrected chi connectivity index (χ2v) is 7.62. The Bertz CT molecular complexity index is 730. The van der Waals surface area contributed by atoms with E-state index in [1.165, 1.54) is 24.2 Å². The SMILES string of the molecule is Cc1csc(C(=O)N2CCN(c3ccc(N4CCCC4)nn3)CC2)c1. The average molecular weight is 357 g/mol. The van der Waals surface area contributed by atoms with Crippen LogP contribution >= 0.6 is 11.3 Å². The Morgan fingerprint density at radius 1 is 0.960 bits per heavy atom. The monoisotopic (exact) mass is 357 g/mol. The molecule has 2 saturated heterocycles. The zero-order valence-electron chi connectivity index (χ0n) is 14.5. The predicted octanol–water partition coefficient (Wildman–Crippen LogP) is 2.41. The molecule has 4 heterocycles. The molecule has 0 bridgehead atoms. The molecule has 0 N–H and O–H groups in total. The lowest BCUT2D eigenvalue weighted by atomic mass is 10.2. The van der Waals surface area contributed by atoms with Crippen LogP contribution in [0.4, 0.5) is 11.6 Å². The van der Waals surface area contributed by atoms with Crippen molar-refractivity contribution in [3.63, 3.8) is 0 Å². The lowest BCUT2D eigenvalue weighted by molar-refractivity contribution is 0.0751. The van der Waals surface area contributed by atoms with Crippen LogP contribution in [-0.2, 0) is 0 Å². The van der Waals surface area contributed by atoms with E-state index in [4.69, 9.17) is 0 Å². The van der Waals surface area contributed by atoms with Crippen molar-refractivity contribution < 1.29 is 4.79 Å². The second-order valence-electron chi connectivity index (χ2n) is 6.71. The minimum Gasteiger partial charge on any atom is -0.355 e. The molecule has 0 radical (unpaired) electrons. The van der Waals surface area contributed by atoms with Gasteiger partial charge in [0, 0.05) is 39.3 Å². The van der Waals surface area contributed by atoms with Crippen LogP contribution in [-0.4, -0.2) is 60.3 Å². The first kappa shape index (κ1) is 16.3. The molecule has 0 aliphatic carbocycles. The summed E-state index contributed by atoms with van der Waals surface area (Å²) in [5.74, 6) is 2.03. The number of nitrogens with zero attached hydrogens (tertiary/aromatic N) is 5. The average Bonchev–Trinajstić information content (AvgIpc) is 3.33. The standard InChI is InChI=1S/C18H23N5OS/c1-14-12-15(25-13-14)18(24)23-10-8-22(9-11-23)17-5-4-16(19-20-17)21-6-2-3-7-21/h4-5,12-13H,2-3,6-11H2,1H3. The molecule has 4 rings (SSSR count). The van der Waals surface area contributed by atoms with Gasteiger partial charge in [-0.3, -0.25) is 4.79 Å². The van der Waals surface area contributed by atoms with Crippen LogP contribution in [0.15, 0.2) is 23.6 Å². The zero-order chi connectivity index (χ0) is 17.2. The van der Waals surface area contributed by atoms with E-state index < -0.39 is 0 Å². The van der Waals surface area contributed by atoms with Gasteiger partial charge in [0.25, 0.3) is 5.91 Å². The molecule has 2 aromatic heterocycles. The van der Waals surface area contributed by atoms with Gasteiger partial charge in [-0.2, -0.15) is 0 Å². The number of carbonyl (C=O) groups is 1. The van der Waals surface area contributed by atoms with E-state index in [2.05, 4.69) is 32.1 Å². The Morgan fingerprint density at radius 2 is 1.56 bits per heavy atom. The molecule has 25 heavy (non-hydrogen) atoms. The molecule has 0 saturated carbocycles. The highest BCUT2D eigenvalue weighted by Crippen LogP contribution is 2.21. The molecule has 0 aromatic carbocycles. The van der Waals surface area contributed by atoms with Crippen molar-refractivity contribution >= 4 is 28.9 Å². The van der Waals surface area contributed by atoms with E-state index in [-0.39, 0.29) is 5.91 Å². The number of aryl methyl sites for hydroxylation is 1. The highest BCUT2D eigenvalue weighted by Gasteiger charge is 2.24. The molecule has 0 spiro atoms. The van der Waals surface area contributed by atoms with Gasteiger partial charge in [-0.1, -0.05) is 0 Å². The van der Waals surface area contributed by atoms with E-state index in [1.807, 2.05) is 23.3 Å². The normalized spacial score (nSPS) is 18.0. The summed E-state index contributed by atoms with van der Waals surface area (Å²) in [6.45, 7) is 7.24. The van der Waals surface area contributed by atoms with E-state index in [0.29, 0.717) is 0 Å². The fraction of sp³-hybridized carbons (Fsp3) is 0.500. The molecular formula is C18H23N5OS. The minimum atomic E-state index is 0.146. The number of carbonyl (C=O) groups excluding carboxylic acids is 1. The van der Waals surface area contributed by atoms with Crippen molar-refractivity contribution in [2.75, 3.05) is 49.1 Å². The Hall–Kier alpha value is -2.15. The molecule has 1 amide bonds. The van der Waals surface area contributed by atoms with Crippen molar-refractivity contribution in [1.82, 2.24) is 15.1 Å². The number of amides is 1. The van der Waals surface area contributed by atoms with Gasteiger partial charge in [0.05, 0.1) is 4.88 Å². The number of piperazine rings is 1. The first-order valence-electron chi connectivity index (χ1n) is 8.89. The second kappa shape index (κ2) is 7.00. The third-order valence-electron chi connectivity index (χ3n) is 4.90. The van der Waals surface area contributed by atoms with E-state index >= 15 is 0 Å². The summed E-state index contributed by atoms with van der Waals surface area (Å²) in [6.07, 6.45) is 2.48. The van der Waals surface area contributed by atoms with E-state index in [1.54, 1.807) is 0 Å². The van der Waals surface area contributed by atoms with Crippen LogP contribution in [0.5, 0.6) is 0 Å². The Kier molecular flexibility index (Phi) is 4.57. The Labute approximate surface area is 152 Å². The lowest BCUT2D eigenvalue weighted by Gasteiger charge is -2.35. The first-order chi connectivity index (χ1) is 12.2. The van der Waals surface area contributed by atoms with Crippen LogP contribution < -0.4 is 9.80 Å². The number of thiophene rings is 1. The van der Waals surface area contributed by atoms with Gasteiger partial charge in [-0.15, -0.1) is 21.5 Å². The summed E-state index contributed by atoms with van der Waals surface area (Å²) in [7, 11) is 0. The predicted molar refractivity (Wildman–Crippen MR) is 101 cm³/mol. The summed E-state index contributed by atoms with van der Waals surface area (Å²) in [5.41, 5.74) is 1.15. The Balaban J connectivity index is 1.36. The number of hydrogen-bond donors (Lipinski definition) is 0. The van der Waals surface area contributed by atoms with Gasteiger partial charge in [0.1, 0.15) is 0 Å². The molecule has 0 atom stereocenters. The molecule has 2 fully saturated rings. The van der Waals surface area contributed by atoms with Crippen molar-refractivity contribution in [3.8, 4) is 0 Å². The summed E-state index contributed by atoms with van der Waals surface area (Å²) >= 11 is 1.53. The fourth-order valence-electron chi connectivity index (χ4n) is 3.44. The van der Waals surface area contributed by atoms with Gasteiger partial charge in [-0.05, 0) is 48.9 Å². The summed E-state index contributed by atoms with van der Waals surface area (Å²) < 4.78 is 0. The maximum Gasteiger partial charge on any atom is 0.264 e. The van der Waals surface area contributed by atoms with Crippen LogP contribution in [0.1, 0.15) is 28.1 Å². The van der Waals surface area contributed by atoms with Gasteiger partial charge in [-0.25, -0.2) is 0 Å². The van der Waals surface area contributed by atoms with Crippen molar-refractivity contribution in [1.29, 1.82) is 0 Å². The van der Waals surface area contributed by atoms with Gasteiger partial charge < -0.3 is 14.7 Å². The summed E-state index contributed by atoms with van der Waals surface area (Å²) in [5, 5.41) is 10.8. The van der Waals surface area contributed by atoms with Crippen molar-refractivity contribution in [2.24, 2.45) is 0 Å². The number of aromatic nitrogens is 2. The molecule has 6 nitrogen and oxygen atoms in total. The van der Waals surface area contributed by atoms with Gasteiger partial charge in [0.2, 0.25) is 0 Å². The number of hydrogen-bond acceptors (Lipinski definition) is 6. The first-order valence-corrected chi connectivity index (χ1v) is 9.77. The van der Waals surface area contributed by atoms with Crippen molar-refractivity contribution in [3.05, 3.63) is 34.0 Å². The van der Waals surface area contributed by atoms with Gasteiger partial charge >= 0.3 is 0 Å². The van der Waals surface area contributed by atoms with Crippen LogP contribution in [0, 0.1) is 6.92 Å². The van der Waals surface area contributed by atoms with E-state index in [9.17, 15) is 4.79 Å². The highest BCUT2D eigenvalue weighted by atomic mass is 32.1.